The summed E-state index contributed by atoms with van der Waals surface area (Å²) >= 11 is 0. The predicted molar refractivity (Wildman–Crippen MR) is 83.1 cm³/mol. The monoisotopic (exact) mass is 278 g/mol. The van der Waals surface area contributed by atoms with E-state index in [0.29, 0.717) is 0 Å². The van der Waals surface area contributed by atoms with Gasteiger partial charge in [-0.15, -0.1) is 0 Å². The molecule has 0 aromatic rings. The van der Waals surface area contributed by atoms with Gasteiger partial charge < -0.3 is 0 Å². The molecule has 0 rings (SSSR count). The van der Waals surface area contributed by atoms with Crippen molar-refractivity contribution in [3.8, 4) is 0 Å². The van der Waals surface area contributed by atoms with Gasteiger partial charge in [0, 0.05) is 0 Å². The summed E-state index contributed by atoms with van der Waals surface area (Å²) < 4.78 is 0. The van der Waals surface area contributed by atoms with Crippen LogP contribution in [0.4, 0.5) is 0 Å². The molecular weight excluding hydrogens is 248 g/mol. The Morgan fingerprint density at radius 3 is 0.800 bits per heavy atom. The molecule has 0 aliphatic carbocycles. The molecule has 0 saturated carbocycles. The number of hydrogen-bond donors (Lipinski definition) is 2. The largest absolute Gasteiger partial charge is 0.290 e. The maximum absolute atomic E-state index is 6.08. The zero-order chi connectivity index (χ0) is 12.7. The molecule has 0 amide bonds. The Morgan fingerprint density at radius 2 is 0.800 bits per heavy atom. The number of hydrazine groups is 1. The van der Waals surface area contributed by atoms with E-state index in [-0.39, 0.29) is 0 Å². The van der Waals surface area contributed by atoms with Crippen LogP contribution in [0.25, 0.3) is 0 Å². The number of rotatable bonds is 4. The molecule has 0 aromatic carbocycles. The lowest BCUT2D eigenvalue weighted by molar-refractivity contribution is 1.06. The van der Waals surface area contributed by atoms with Crippen LogP contribution in [0.1, 0.15) is 0 Å². The van der Waals surface area contributed by atoms with Crippen molar-refractivity contribution >= 4 is 29.6 Å². The molecule has 0 aliphatic heterocycles. The summed E-state index contributed by atoms with van der Waals surface area (Å²) in [6, 6.07) is 0. The van der Waals surface area contributed by atoms with Crippen LogP contribution >= 0.6 is 0 Å². The first kappa shape index (κ1) is 15.8. The molecule has 15 heavy (non-hydrogen) atoms. The summed E-state index contributed by atoms with van der Waals surface area (Å²) in [5.74, 6) is 6.08. The van der Waals surface area contributed by atoms with Gasteiger partial charge in [-0.25, -0.2) is 0 Å². The minimum absolute atomic E-state index is 1.18. The molecule has 3 N–H and O–H groups in total. The van der Waals surface area contributed by atoms with E-state index in [0.717, 1.165) is 0 Å². The van der Waals surface area contributed by atoms with Crippen molar-refractivity contribution in [2.75, 3.05) is 0 Å². The van der Waals surface area contributed by atoms with Gasteiger partial charge in [0.15, 0.2) is 0 Å². The van der Waals surface area contributed by atoms with Gasteiger partial charge in [0.05, 0.1) is 22.8 Å². The molecule has 0 unspecified atom stereocenters. The van der Waals surface area contributed by atoms with Gasteiger partial charge >= 0.3 is 0 Å². The Kier molecular flexibility index (Phi) is 4.45. The summed E-state index contributed by atoms with van der Waals surface area (Å²) in [6.45, 7) is 21.3. The molecule has 0 spiro atoms. The minimum Gasteiger partial charge on any atom is -0.290 e. The molecule has 0 radical (unpaired) electrons. The molecule has 0 aliphatic rings. The highest BCUT2D eigenvalue weighted by atomic mass is 29.9. The lowest BCUT2D eigenvalue weighted by atomic mass is 11.8. The fourth-order valence-electron chi connectivity index (χ4n) is 4.02. The molecule has 0 saturated heterocycles. The van der Waals surface area contributed by atoms with Gasteiger partial charge in [0.25, 0.3) is 0 Å². The van der Waals surface area contributed by atoms with E-state index in [2.05, 4.69) is 64.0 Å². The highest BCUT2D eigenvalue weighted by molar-refractivity contribution is 7.88. The van der Waals surface area contributed by atoms with Crippen molar-refractivity contribution in [3.63, 3.8) is 0 Å². The third kappa shape index (κ3) is 2.55. The van der Waals surface area contributed by atoms with Crippen LogP contribution in [0.3, 0.4) is 0 Å². The molecule has 0 aromatic heterocycles. The first-order valence-corrected chi connectivity index (χ1v) is 21.3. The molecule has 6 heteroatoms. The molecule has 2 nitrogen and oxygen atoms in total. The summed E-state index contributed by atoms with van der Waals surface area (Å²) in [5, 5.41) is 3.46. The average Bonchev–Trinajstić information content (AvgIpc) is 1.76. The number of nitrogens with two attached hydrogens (primary N) is 1. The third-order valence-corrected chi connectivity index (χ3v) is 72.8. The number of hydrogen-bond acceptors (Lipinski definition) is 2. The van der Waals surface area contributed by atoms with Gasteiger partial charge in [-0.05, 0) is 0 Å². The lowest BCUT2D eigenvalue weighted by Gasteiger charge is -2.56. The van der Waals surface area contributed by atoms with Crippen LogP contribution in [0.5, 0.6) is 0 Å². The zero-order valence-electron chi connectivity index (χ0n) is 12.1. The second-order valence-electron chi connectivity index (χ2n) is 7.64. The topological polar surface area (TPSA) is 38.0 Å². The van der Waals surface area contributed by atoms with Crippen molar-refractivity contribution in [1.29, 1.82) is 0 Å². The van der Waals surface area contributed by atoms with Crippen LogP contribution in [-0.2, 0) is 0 Å². The van der Waals surface area contributed by atoms with E-state index < -0.39 is 29.6 Å². The van der Waals surface area contributed by atoms with Crippen molar-refractivity contribution in [2.45, 2.75) is 58.9 Å². The molecule has 0 heterocycles. The Hall–Kier alpha value is 0.788. The van der Waals surface area contributed by atoms with Crippen LogP contribution in [0, 0.1) is 0 Å². The van der Waals surface area contributed by atoms with E-state index in [9.17, 15) is 0 Å². The maximum Gasteiger partial charge on any atom is 0.115 e. The summed E-state index contributed by atoms with van der Waals surface area (Å²) in [7, 11) is -3.54. The first-order valence-electron chi connectivity index (χ1n) is 5.79. The van der Waals surface area contributed by atoms with Crippen LogP contribution in [0.15, 0.2) is 0 Å². The highest BCUT2D eigenvalue weighted by Gasteiger charge is 2.61. The van der Waals surface area contributed by atoms with Crippen molar-refractivity contribution in [2.24, 2.45) is 5.84 Å². The smallest absolute Gasteiger partial charge is 0.115 e. The van der Waals surface area contributed by atoms with Crippen LogP contribution in [-0.4, -0.2) is 29.6 Å². The molecule has 92 valence electrons. The lowest BCUT2D eigenvalue weighted by Crippen LogP contribution is -2.90. The van der Waals surface area contributed by atoms with Gasteiger partial charge in [-0.2, -0.15) is 0 Å². The van der Waals surface area contributed by atoms with Gasteiger partial charge in [0.1, 0.15) is 6.79 Å². The normalized spacial score (nSPS) is 15.6. The third-order valence-electron chi connectivity index (χ3n) is 3.59. The fraction of sp³-hybridized carbons (Fsp3) is 1.00. The van der Waals surface area contributed by atoms with Crippen molar-refractivity contribution < 1.29 is 0 Å². The quantitative estimate of drug-likeness (QED) is 0.471. The Labute approximate surface area is 99.5 Å². The van der Waals surface area contributed by atoms with Gasteiger partial charge in [-0.3, -0.25) is 10.9 Å². The van der Waals surface area contributed by atoms with Crippen molar-refractivity contribution in [3.05, 3.63) is 0 Å². The zero-order valence-corrected chi connectivity index (χ0v) is 16.1. The van der Waals surface area contributed by atoms with Crippen LogP contribution in [0.2, 0.25) is 58.9 Å². The Morgan fingerprint density at radius 1 is 0.600 bits per heavy atom. The van der Waals surface area contributed by atoms with E-state index >= 15 is 0 Å². The standard InChI is InChI=1S/C9H30N2Si4/c1-12(2,3)15(11-10,13(4,5)6)14(7,8)9/h11H,10H2,1-9H3. The maximum atomic E-state index is 6.08. The number of nitrogens with one attached hydrogen (secondary N) is 1. The molecule has 0 fully saturated rings. The summed E-state index contributed by atoms with van der Waals surface area (Å²) in [4.78, 5) is 0. The SMILES string of the molecule is C[Si](C)(C)[Si](NN)([Si](C)(C)C)[Si](C)(C)C. The first-order chi connectivity index (χ1) is 6.31. The minimum atomic E-state index is -1.43. The Bertz CT molecular complexity index is 186. The molecule has 0 bridgehead atoms. The highest BCUT2D eigenvalue weighted by Crippen LogP contribution is 2.33. The summed E-state index contributed by atoms with van der Waals surface area (Å²) in [5.41, 5.74) is 0. The van der Waals surface area contributed by atoms with Gasteiger partial charge in [0.2, 0.25) is 0 Å². The summed E-state index contributed by atoms with van der Waals surface area (Å²) in [6.07, 6.45) is 0. The van der Waals surface area contributed by atoms with E-state index in [1.807, 2.05) is 0 Å². The predicted octanol–water partition coefficient (Wildman–Crippen LogP) is 2.65. The Balaban J connectivity index is 5.78. The fourth-order valence-corrected chi connectivity index (χ4v) is 97.0. The van der Waals surface area contributed by atoms with E-state index in [1.54, 1.807) is 0 Å². The van der Waals surface area contributed by atoms with Gasteiger partial charge in [-0.1, -0.05) is 58.9 Å². The van der Waals surface area contributed by atoms with Crippen LogP contribution < -0.4 is 10.9 Å². The van der Waals surface area contributed by atoms with Crippen molar-refractivity contribution in [1.82, 2.24) is 5.09 Å². The second-order valence-corrected chi connectivity index (χ2v) is 47.7. The van der Waals surface area contributed by atoms with E-state index in [4.69, 9.17) is 5.84 Å². The second kappa shape index (κ2) is 4.23. The molecule has 0 atom stereocenters. The van der Waals surface area contributed by atoms with E-state index in [1.165, 1.54) is 0 Å². The average molecular weight is 279 g/mol. The molecular formula is C9H30N2Si4.